The number of aryl methyl sites for hydroxylation is 1. The maximum absolute atomic E-state index is 12.4. The number of amides is 1. The van der Waals surface area contributed by atoms with Gasteiger partial charge in [0.05, 0.1) is 28.9 Å². The number of carbonyl (C=O) groups is 2. The van der Waals surface area contributed by atoms with E-state index in [1.807, 2.05) is 32.4 Å². The summed E-state index contributed by atoms with van der Waals surface area (Å²) in [5.41, 5.74) is 2.38. The van der Waals surface area contributed by atoms with E-state index in [4.69, 9.17) is 0 Å². The van der Waals surface area contributed by atoms with Crippen molar-refractivity contribution >= 4 is 17.6 Å². The standard InChI is InChI=1S/C15H23N3O3/c1-8(2)18-10(4)13(9(3)17-18)16-14(19)11-6-5-7-12(11)15(20)21/h8,11-12H,5-7H2,1-4H3,(H,16,19)(H,20,21). The maximum atomic E-state index is 12.4. The Labute approximate surface area is 124 Å². The summed E-state index contributed by atoms with van der Waals surface area (Å²) in [7, 11) is 0. The maximum Gasteiger partial charge on any atom is 0.307 e. The first-order chi connectivity index (χ1) is 9.82. The summed E-state index contributed by atoms with van der Waals surface area (Å²) in [6, 6.07) is 0.215. The number of carbonyl (C=O) groups excluding carboxylic acids is 1. The van der Waals surface area contributed by atoms with Crippen molar-refractivity contribution in [2.45, 2.75) is 53.0 Å². The van der Waals surface area contributed by atoms with Gasteiger partial charge in [0.1, 0.15) is 0 Å². The van der Waals surface area contributed by atoms with Crippen LogP contribution in [0.25, 0.3) is 0 Å². The van der Waals surface area contributed by atoms with Crippen molar-refractivity contribution in [2.24, 2.45) is 11.8 Å². The number of aromatic nitrogens is 2. The monoisotopic (exact) mass is 293 g/mol. The Hall–Kier alpha value is -1.85. The molecule has 1 aliphatic rings. The number of nitrogens with one attached hydrogen (secondary N) is 1. The number of anilines is 1. The summed E-state index contributed by atoms with van der Waals surface area (Å²) in [4.78, 5) is 23.6. The summed E-state index contributed by atoms with van der Waals surface area (Å²) in [6.45, 7) is 7.83. The van der Waals surface area contributed by atoms with Gasteiger partial charge < -0.3 is 10.4 Å². The highest BCUT2D eigenvalue weighted by Gasteiger charge is 2.38. The summed E-state index contributed by atoms with van der Waals surface area (Å²) >= 11 is 0. The Morgan fingerprint density at radius 1 is 1.29 bits per heavy atom. The van der Waals surface area contributed by atoms with Crippen molar-refractivity contribution in [2.75, 3.05) is 5.32 Å². The summed E-state index contributed by atoms with van der Waals surface area (Å²) < 4.78 is 1.87. The minimum absolute atomic E-state index is 0.200. The van der Waals surface area contributed by atoms with Gasteiger partial charge in [0.25, 0.3) is 0 Å². The second-order valence-electron chi connectivity index (χ2n) is 6.06. The molecule has 0 saturated heterocycles. The second kappa shape index (κ2) is 5.87. The molecule has 0 spiro atoms. The molecule has 116 valence electrons. The number of carboxylic acids is 1. The molecular weight excluding hydrogens is 270 g/mol. The average Bonchev–Trinajstić information content (AvgIpc) is 2.98. The topological polar surface area (TPSA) is 84.2 Å². The van der Waals surface area contributed by atoms with E-state index in [0.717, 1.165) is 17.8 Å². The van der Waals surface area contributed by atoms with Crippen molar-refractivity contribution in [3.8, 4) is 0 Å². The van der Waals surface area contributed by atoms with Crippen molar-refractivity contribution in [1.82, 2.24) is 9.78 Å². The summed E-state index contributed by atoms with van der Waals surface area (Å²) in [5, 5.41) is 16.5. The van der Waals surface area contributed by atoms with Gasteiger partial charge in [0.2, 0.25) is 5.91 Å². The van der Waals surface area contributed by atoms with E-state index in [1.165, 1.54) is 0 Å². The molecule has 2 unspecified atom stereocenters. The molecular formula is C15H23N3O3. The van der Waals surface area contributed by atoms with Gasteiger partial charge in [-0.05, 0) is 40.5 Å². The third-order valence-electron chi connectivity index (χ3n) is 4.23. The lowest BCUT2D eigenvalue weighted by Crippen LogP contribution is -2.30. The van der Waals surface area contributed by atoms with Crippen LogP contribution in [0.5, 0.6) is 0 Å². The molecule has 1 amide bonds. The van der Waals surface area contributed by atoms with E-state index in [0.29, 0.717) is 18.5 Å². The lowest BCUT2D eigenvalue weighted by molar-refractivity contribution is -0.145. The normalized spacial score (nSPS) is 21.8. The first-order valence-electron chi connectivity index (χ1n) is 7.42. The van der Waals surface area contributed by atoms with E-state index < -0.39 is 17.8 Å². The molecule has 1 aliphatic carbocycles. The van der Waals surface area contributed by atoms with Gasteiger partial charge in [-0.25, -0.2) is 0 Å². The fraction of sp³-hybridized carbons (Fsp3) is 0.667. The molecule has 0 bridgehead atoms. The van der Waals surface area contributed by atoms with E-state index in [-0.39, 0.29) is 11.9 Å². The first-order valence-corrected chi connectivity index (χ1v) is 7.42. The zero-order valence-electron chi connectivity index (χ0n) is 13.0. The van der Waals surface area contributed by atoms with Crippen molar-refractivity contribution in [3.05, 3.63) is 11.4 Å². The van der Waals surface area contributed by atoms with Gasteiger partial charge in [0, 0.05) is 6.04 Å². The van der Waals surface area contributed by atoms with E-state index in [2.05, 4.69) is 10.4 Å². The Morgan fingerprint density at radius 3 is 2.43 bits per heavy atom. The van der Waals surface area contributed by atoms with Crippen LogP contribution in [-0.4, -0.2) is 26.8 Å². The van der Waals surface area contributed by atoms with Gasteiger partial charge in [-0.3, -0.25) is 14.3 Å². The fourth-order valence-corrected chi connectivity index (χ4v) is 3.13. The molecule has 1 fully saturated rings. The number of hydrogen-bond acceptors (Lipinski definition) is 3. The zero-order valence-corrected chi connectivity index (χ0v) is 13.0. The molecule has 1 saturated carbocycles. The lowest BCUT2D eigenvalue weighted by Gasteiger charge is -2.16. The Bertz CT molecular complexity index is 563. The predicted molar refractivity (Wildman–Crippen MR) is 79.2 cm³/mol. The smallest absolute Gasteiger partial charge is 0.307 e. The van der Waals surface area contributed by atoms with Crippen LogP contribution in [0.2, 0.25) is 0 Å². The van der Waals surface area contributed by atoms with E-state index in [1.54, 1.807) is 0 Å². The van der Waals surface area contributed by atoms with Crippen LogP contribution >= 0.6 is 0 Å². The van der Waals surface area contributed by atoms with Gasteiger partial charge in [-0.2, -0.15) is 5.10 Å². The molecule has 0 radical (unpaired) electrons. The quantitative estimate of drug-likeness (QED) is 0.893. The molecule has 2 rings (SSSR count). The average molecular weight is 293 g/mol. The molecule has 2 N–H and O–H groups in total. The highest BCUT2D eigenvalue weighted by molar-refractivity contribution is 5.96. The largest absolute Gasteiger partial charge is 0.481 e. The fourth-order valence-electron chi connectivity index (χ4n) is 3.13. The Kier molecular flexibility index (Phi) is 4.34. The number of nitrogens with zero attached hydrogens (tertiary/aromatic N) is 2. The van der Waals surface area contributed by atoms with Crippen LogP contribution in [0.3, 0.4) is 0 Å². The number of hydrogen-bond donors (Lipinski definition) is 2. The van der Waals surface area contributed by atoms with Crippen molar-refractivity contribution in [3.63, 3.8) is 0 Å². The first kappa shape index (κ1) is 15.5. The second-order valence-corrected chi connectivity index (χ2v) is 6.06. The van der Waals surface area contributed by atoms with Gasteiger partial charge in [-0.1, -0.05) is 6.42 Å². The molecule has 2 atom stereocenters. The third kappa shape index (κ3) is 2.94. The summed E-state index contributed by atoms with van der Waals surface area (Å²) in [6.07, 6.45) is 2.01. The lowest BCUT2D eigenvalue weighted by atomic mass is 9.95. The van der Waals surface area contributed by atoms with Crippen LogP contribution < -0.4 is 5.32 Å². The van der Waals surface area contributed by atoms with E-state index in [9.17, 15) is 14.7 Å². The SMILES string of the molecule is Cc1nn(C(C)C)c(C)c1NC(=O)C1CCCC1C(=O)O. The minimum atomic E-state index is -0.876. The molecule has 0 aliphatic heterocycles. The molecule has 1 aromatic heterocycles. The van der Waals surface area contributed by atoms with Crippen LogP contribution in [-0.2, 0) is 9.59 Å². The van der Waals surface area contributed by atoms with E-state index >= 15 is 0 Å². The highest BCUT2D eigenvalue weighted by atomic mass is 16.4. The van der Waals surface area contributed by atoms with Gasteiger partial charge >= 0.3 is 5.97 Å². The highest BCUT2D eigenvalue weighted by Crippen LogP contribution is 2.33. The Morgan fingerprint density at radius 2 is 1.90 bits per heavy atom. The third-order valence-corrected chi connectivity index (χ3v) is 4.23. The van der Waals surface area contributed by atoms with Crippen LogP contribution in [0.15, 0.2) is 0 Å². The van der Waals surface area contributed by atoms with Gasteiger partial charge in [-0.15, -0.1) is 0 Å². The zero-order chi connectivity index (χ0) is 15.7. The molecule has 6 heteroatoms. The molecule has 1 heterocycles. The Balaban J connectivity index is 2.18. The minimum Gasteiger partial charge on any atom is -0.481 e. The number of carboxylic acid groups (broad SMARTS) is 1. The van der Waals surface area contributed by atoms with Crippen LogP contribution in [0.4, 0.5) is 5.69 Å². The van der Waals surface area contributed by atoms with Crippen molar-refractivity contribution < 1.29 is 14.7 Å². The number of aliphatic carboxylic acids is 1. The van der Waals surface area contributed by atoms with Crippen LogP contribution in [0.1, 0.15) is 50.5 Å². The van der Waals surface area contributed by atoms with Crippen molar-refractivity contribution in [1.29, 1.82) is 0 Å². The molecule has 0 aromatic carbocycles. The van der Waals surface area contributed by atoms with Crippen LogP contribution in [0, 0.1) is 25.7 Å². The molecule has 1 aromatic rings. The molecule has 6 nitrogen and oxygen atoms in total. The van der Waals surface area contributed by atoms with Gasteiger partial charge in [0.15, 0.2) is 0 Å². The summed E-state index contributed by atoms with van der Waals surface area (Å²) in [5.74, 6) is -2.08. The number of rotatable bonds is 4. The predicted octanol–water partition coefficient (Wildman–Crippen LogP) is 2.52. The molecule has 21 heavy (non-hydrogen) atoms.